The molecule has 254 valence electrons. The normalized spacial score (nSPS) is 20.2. The van der Waals surface area contributed by atoms with Crippen LogP contribution in [-0.4, -0.2) is 102 Å². The van der Waals surface area contributed by atoms with E-state index in [9.17, 15) is 38.5 Å². The minimum absolute atomic E-state index is 0.0712. The molecule has 0 saturated carbocycles. The lowest BCUT2D eigenvalue weighted by Crippen LogP contribution is -2.77. The van der Waals surface area contributed by atoms with Crippen molar-refractivity contribution in [3.05, 3.63) is 21.7 Å². The molecule has 2 atom stereocenters. The number of esters is 1. The largest absolute Gasteiger partial charge is 0.477 e. The number of azide groups is 1. The minimum Gasteiger partial charge on any atom is -0.477 e. The molecule has 1 saturated heterocycles. The van der Waals surface area contributed by atoms with Crippen molar-refractivity contribution in [2.24, 2.45) is 5.11 Å². The molecule has 3 N–H and O–H groups in total. The summed E-state index contributed by atoms with van der Waals surface area (Å²) in [6, 6.07) is 0. The standard InChI is InChI=1S/C20H31N5O17P2S/c1-12(26)38-10-13-11-45-18-20(23-24-21,17(30)25(18)14(13)15(27)28)16(29)22-9-7-6-8-19(31,43(32,39-34-2)40-35-3)44(33,41-36-4)42-37-5/h18,31H,6-11H2,1-5H3,(H,22,29)(H,27,28)/t18-,20?/m1/s1. The number of hydrogen-bond donors (Lipinski definition) is 3. The van der Waals surface area contributed by atoms with Gasteiger partial charge in [0.25, 0.3) is 11.0 Å². The van der Waals surface area contributed by atoms with Crippen molar-refractivity contribution in [3.63, 3.8) is 0 Å². The zero-order valence-corrected chi connectivity index (χ0v) is 27.0. The number of hydrogen-bond acceptors (Lipinski definition) is 18. The third-order valence-electron chi connectivity index (χ3n) is 6.12. The smallest absolute Gasteiger partial charge is 0.428 e. The van der Waals surface area contributed by atoms with Gasteiger partial charge in [-0.15, -0.1) is 30.5 Å². The van der Waals surface area contributed by atoms with E-state index in [1.54, 1.807) is 0 Å². The van der Waals surface area contributed by atoms with E-state index >= 15 is 0 Å². The molecule has 25 heteroatoms. The monoisotopic (exact) mass is 707 g/mol. The van der Waals surface area contributed by atoms with Gasteiger partial charge in [-0.3, -0.25) is 28.4 Å². The van der Waals surface area contributed by atoms with Crippen LogP contribution in [0.15, 0.2) is 16.4 Å². The number of carbonyl (C=O) groups is 4. The van der Waals surface area contributed by atoms with E-state index in [0.717, 1.165) is 52.0 Å². The Labute approximate surface area is 258 Å². The van der Waals surface area contributed by atoms with Crippen molar-refractivity contribution in [2.45, 2.75) is 42.2 Å². The first-order valence-electron chi connectivity index (χ1n) is 12.4. The summed E-state index contributed by atoms with van der Waals surface area (Å²) in [7, 11) is -6.66. The Balaban J connectivity index is 2.24. The fourth-order valence-electron chi connectivity index (χ4n) is 4.22. The molecule has 0 radical (unpaired) electrons. The van der Waals surface area contributed by atoms with E-state index in [1.165, 1.54) is 0 Å². The zero-order chi connectivity index (χ0) is 34.1. The lowest BCUT2D eigenvalue weighted by atomic mass is 9.86. The van der Waals surface area contributed by atoms with Crippen LogP contribution in [0, 0.1) is 0 Å². The van der Waals surface area contributed by atoms with Gasteiger partial charge in [0.15, 0.2) is 0 Å². The van der Waals surface area contributed by atoms with Crippen molar-refractivity contribution in [1.29, 1.82) is 0 Å². The molecule has 0 bridgehead atoms. The summed E-state index contributed by atoms with van der Waals surface area (Å²) in [4.78, 5) is 70.5. The van der Waals surface area contributed by atoms with E-state index in [4.69, 9.17) is 10.3 Å². The maximum atomic E-state index is 13.4. The first-order chi connectivity index (χ1) is 21.2. The van der Waals surface area contributed by atoms with Crippen LogP contribution in [0.5, 0.6) is 0 Å². The molecule has 2 amide bonds. The second-order valence-electron chi connectivity index (χ2n) is 8.78. The van der Waals surface area contributed by atoms with Crippen molar-refractivity contribution in [2.75, 3.05) is 47.3 Å². The Bertz CT molecular complexity index is 1280. The predicted molar refractivity (Wildman–Crippen MR) is 146 cm³/mol. The number of nitrogens with zero attached hydrogens (tertiary/aromatic N) is 4. The molecule has 1 unspecified atom stereocenters. The fraction of sp³-hybridized carbons (Fsp3) is 0.700. The van der Waals surface area contributed by atoms with Gasteiger partial charge in [0.05, 0.1) is 28.4 Å². The average molecular weight is 708 g/mol. The molecular weight excluding hydrogens is 676 g/mol. The number of fused-ring (bicyclic) bond motifs is 1. The summed E-state index contributed by atoms with van der Waals surface area (Å²) >= 11 is 0.913. The Kier molecular flexibility index (Phi) is 13.9. The molecule has 45 heavy (non-hydrogen) atoms. The number of carboxylic acids is 1. The molecule has 0 aromatic rings. The highest BCUT2D eigenvalue weighted by Gasteiger charge is 2.69. The number of aliphatic carboxylic acids is 1. The van der Waals surface area contributed by atoms with Gasteiger partial charge < -0.3 is 20.3 Å². The molecule has 2 aliphatic heterocycles. The van der Waals surface area contributed by atoms with E-state index in [-0.39, 0.29) is 30.7 Å². The maximum Gasteiger partial charge on any atom is 0.428 e. The molecule has 0 aliphatic carbocycles. The van der Waals surface area contributed by atoms with Crippen LogP contribution in [0.1, 0.15) is 26.2 Å². The highest BCUT2D eigenvalue weighted by atomic mass is 32.2. The van der Waals surface area contributed by atoms with Crippen LogP contribution in [0.25, 0.3) is 10.4 Å². The minimum atomic E-state index is -5.11. The number of unbranched alkanes of at least 4 members (excludes halogenated alkanes) is 1. The summed E-state index contributed by atoms with van der Waals surface area (Å²) in [5, 5.41) is 22.4. The summed E-state index contributed by atoms with van der Waals surface area (Å²) in [6.07, 6.45) is -1.12. The van der Waals surface area contributed by atoms with Gasteiger partial charge in [-0.2, -0.15) is 0 Å². The third kappa shape index (κ3) is 7.52. The summed E-state index contributed by atoms with van der Waals surface area (Å²) in [5.41, 5.74) is 6.38. The number of thioether (sulfide) groups is 1. The van der Waals surface area contributed by atoms with Crippen molar-refractivity contribution in [3.8, 4) is 0 Å². The van der Waals surface area contributed by atoms with Crippen LogP contribution in [-0.2, 0) is 71.3 Å². The van der Waals surface area contributed by atoms with Crippen LogP contribution in [0.4, 0.5) is 0 Å². The molecular formula is C20H31N5O17P2S. The molecule has 0 aromatic carbocycles. The number of ether oxygens (including phenoxy) is 1. The zero-order valence-electron chi connectivity index (χ0n) is 24.4. The Morgan fingerprint density at radius 3 is 2.07 bits per heavy atom. The number of rotatable bonds is 20. The van der Waals surface area contributed by atoms with Crippen LogP contribution >= 0.6 is 27.0 Å². The van der Waals surface area contributed by atoms with Crippen LogP contribution < -0.4 is 5.32 Å². The van der Waals surface area contributed by atoms with Crippen molar-refractivity contribution in [1.82, 2.24) is 10.2 Å². The molecule has 1 fully saturated rings. The molecule has 2 aliphatic rings. The Hall–Kier alpha value is -2.62. The van der Waals surface area contributed by atoms with E-state index in [0.29, 0.717) is 0 Å². The number of carboxylic acid groups (broad SMARTS) is 1. The fourth-order valence-corrected chi connectivity index (χ4v) is 9.42. The quantitative estimate of drug-likeness (QED) is 0.0154. The molecule has 2 heterocycles. The number of amides is 2. The topological polar surface area (TPSA) is 290 Å². The van der Waals surface area contributed by atoms with Gasteiger partial charge in [-0.25, -0.2) is 24.3 Å². The Morgan fingerprint density at radius 1 is 1.09 bits per heavy atom. The highest BCUT2D eigenvalue weighted by molar-refractivity contribution is 8.00. The lowest BCUT2D eigenvalue weighted by Gasteiger charge is -2.53. The number of nitrogens with one attached hydrogen (secondary N) is 1. The van der Waals surface area contributed by atoms with E-state index < -0.39 is 73.7 Å². The first-order valence-corrected chi connectivity index (χ1v) is 16.5. The highest BCUT2D eigenvalue weighted by Crippen LogP contribution is 2.78. The molecule has 0 spiro atoms. The van der Waals surface area contributed by atoms with Gasteiger partial charge in [0.2, 0.25) is 11.4 Å². The first kappa shape index (κ1) is 38.6. The predicted octanol–water partition coefficient (Wildman–Crippen LogP) is 1.48. The molecule has 22 nitrogen and oxygen atoms in total. The van der Waals surface area contributed by atoms with Gasteiger partial charge in [-0.05, 0) is 18.4 Å². The molecule has 0 aromatic heterocycles. The Morgan fingerprint density at radius 2 is 1.62 bits per heavy atom. The number of aliphatic hydroxyl groups is 1. The second-order valence-corrected chi connectivity index (χ2v) is 14.3. The van der Waals surface area contributed by atoms with Gasteiger partial charge in [0, 0.05) is 36.1 Å². The van der Waals surface area contributed by atoms with Crippen LogP contribution in [0.2, 0.25) is 0 Å². The van der Waals surface area contributed by atoms with Gasteiger partial charge in [-0.1, -0.05) is 5.11 Å². The maximum absolute atomic E-state index is 13.4. The second kappa shape index (κ2) is 16.3. The lowest BCUT2D eigenvalue weighted by molar-refractivity contribution is -0.264. The van der Waals surface area contributed by atoms with Crippen LogP contribution in [0.3, 0.4) is 0 Å². The summed E-state index contributed by atoms with van der Waals surface area (Å²) in [5.74, 6) is -4.49. The summed E-state index contributed by atoms with van der Waals surface area (Å²) in [6.45, 7) is 0.427. The van der Waals surface area contributed by atoms with Crippen molar-refractivity contribution < 1.29 is 81.5 Å². The third-order valence-corrected chi connectivity index (χ3v) is 12.6. The van der Waals surface area contributed by atoms with Crippen molar-refractivity contribution >= 4 is 50.7 Å². The van der Waals surface area contributed by atoms with Gasteiger partial charge in [0.1, 0.15) is 17.7 Å². The van der Waals surface area contributed by atoms with Gasteiger partial charge >= 0.3 is 27.1 Å². The number of β-lactam (4-membered cyclic amide) rings is 1. The summed E-state index contributed by atoms with van der Waals surface area (Å²) < 4.78 is 49.9. The van der Waals surface area contributed by atoms with E-state index in [1.807, 2.05) is 0 Å². The number of carbonyl (C=O) groups excluding carboxylic acids is 3. The van der Waals surface area contributed by atoms with E-state index in [2.05, 4.69) is 53.6 Å². The SMILES string of the molecule is COOP(=O)(OOC)C(O)(CCCCNC(=O)C1(N=[N+]=[N-])C(=O)N2C(C(=O)O)=C(COC(C)=O)CS[C@@H]21)P(=O)(OOC)OOC. The molecule has 2 rings (SSSR count). The average Bonchev–Trinajstić information content (AvgIpc) is 2.97.